The van der Waals surface area contributed by atoms with E-state index >= 15 is 0 Å². The summed E-state index contributed by atoms with van der Waals surface area (Å²) in [5, 5.41) is 2.85. The van der Waals surface area contributed by atoms with Crippen LogP contribution in [0.15, 0.2) is 36.5 Å². The molecule has 98 valence electrons. The van der Waals surface area contributed by atoms with E-state index in [1.165, 1.54) is 0 Å². The van der Waals surface area contributed by atoms with Crippen LogP contribution < -0.4 is 11.1 Å². The van der Waals surface area contributed by atoms with Gasteiger partial charge in [-0.25, -0.2) is 0 Å². The first-order valence-electron chi connectivity index (χ1n) is 6.12. The minimum Gasteiger partial charge on any atom is -0.399 e. The molecule has 2 rings (SSSR count). The lowest BCUT2D eigenvalue weighted by atomic mass is 10.1. The number of carbonyl (C=O) groups is 1. The van der Waals surface area contributed by atoms with E-state index in [0.717, 1.165) is 16.8 Å². The smallest absolute Gasteiger partial charge is 0.251 e. The van der Waals surface area contributed by atoms with Gasteiger partial charge in [0.25, 0.3) is 5.91 Å². The number of anilines is 1. The largest absolute Gasteiger partial charge is 0.399 e. The summed E-state index contributed by atoms with van der Waals surface area (Å²) in [5.74, 6) is -0.138. The Morgan fingerprint density at radius 2 is 2.11 bits per heavy atom. The fraction of sp³-hybridized carbons (Fsp3) is 0.200. The first kappa shape index (κ1) is 13.1. The number of rotatable bonds is 3. The predicted octanol–water partition coefficient (Wildman–Crippen LogP) is 2.21. The van der Waals surface area contributed by atoms with E-state index in [0.29, 0.717) is 17.8 Å². The van der Waals surface area contributed by atoms with E-state index in [1.54, 1.807) is 12.3 Å². The molecule has 0 fully saturated rings. The van der Waals surface area contributed by atoms with E-state index < -0.39 is 0 Å². The Morgan fingerprint density at radius 3 is 2.79 bits per heavy atom. The van der Waals surface area contributed by atoms with Crippen LogP contribution in [-0.4, -0.2) is 10.9 Å². The molecule has 0 bridgehead atoms. The number of nitrogens with one attached hydrogen (secondary N) is 1. The van der Waals surface area contributed by atoms with Crippen LogP contribution in [0.2, 0.25) is 0 Å². The van der Waals surface area contributed by atoms with Gasteiger partial charge >= 0.3 is 0 Å². The molecular formula is C15H17N3O. The van der Waals surface area contributed by atoms with E-state index in [-0.39, 0.29) is 5.91 Å². The lowest BCUT2D eigenvalue weighted by Crippen LogP contribution is -2.24. The number of aryl methyl sites for hydroxylation is 2. The van der Waals surface area contributed by atoms with Crippen LogP contribution in [0.1, 0.15) is 27.2 Å². The molecule has 0 aliphatic carbocycles. The van der Waals surface area contributed by atoms with Gasteiger partial charge in [0.15, 0.2) is 0 Å². The molecule has 1 aromatic heterocycles. The zero-order valence-corrected chi connectivity index (χ0v) is 11.1. The minimum absolute atomic E-state index is 0.138. The van der Waals surface area contributed by atoms with Crippen molar-refractivity contribution < 1.29 is 4.79 Å². The molecule has 0 unspecified atom stereocenters. The van der Waals surface area contributed by atoms with E-state index in [1.807, 2.05) is 38.1 Å². The molecule has 0 radical (unpaired) electrons. The lowest BCUT2D eigenvalue weighted by molar-refractivity contribution is 0.0950. The molecule has 1 aromatic carbocycles. The summed E-state index contributed by atoms with van der Waals surface area (Å²) in [6.45, 7) is 4.30. The van der Waals surface area contributed by atoms with Crippen molar-refractivity contribution in [3.05, 3.63) is 58.9 Å². The van der Waals surface area contributed by atoms with Crippen LogP contribution in [0, 0.1) is 13.8 Å². The summed E-state index contributed by atoms with van der Waals surface area (Å²) in [6, 6.07) is 9.17. The van der Waals surface area contributed by atoms with Gasteiger partial charge in [-0.15, -0.1) is 0 Å². The molecule has 0 aliphatic rings. The molecule has 0 atom stereocenters. The van der Waals surface area contributed by atoms with Crippen molar-refractivity contribution in [2.45, 2.75) is 20.4 Å². The molecule has 1 heterocycles. The van der Waals surface area contributed by atoms with Crippen molar-refractivity contribution in [3.8, 4) is 0 Å². The third-order valence-corrected chi connectivity index (χ3v) is 2.90. The molecule has 0 aliphatic heterocycles. The number of hydrogen-bond acceptors (Lipinski definition) is 3. The summed E-state index contributed by atoms with van der Waals surface area (Å²) >= 11 is 0. The summed E-state index contributed by atoms with van der Waals surface area (Å²) in [4.78, 5) is 16.3. The third-order valence-electron chi connectivity index (χ3n) is 2.90. The number of nitrogens with two attached hydrogens (primary N) is 1. The first-order valence-corrected chi connectivity index (χ1v) is 6.12. The van der Waals surface area contributed by atoms with Crippen LogP contribution in [-0.2, 0) is 6.54 Å². The average Bonchev–Trinajstić information content (AvgIpc) is 2.36. The maximum atomic E-state index is 12.0. The third kappa shape index (κ3) is 3.31. The highest BCUT2D eigenvalue weighted by molar-refractivity contribution is 5.95. The van der Waals surface area contributed by atoms with Crippen molar-refractivity contribution in [1.29, 1.82) is 0 Å². The van der Waals surface area contributed by atoms with Crippen LogP contribution in [0.3, 0.4) is 0 Å². The summed E-state index contributed by atoms with van der Waals surface area (Å²) in [5.41, 5.74) is 9.81. The SMILES string of the molecule is Cc1cc(N)cc(C(=O)NCc2ncccc2C)c1. The van der Waals surface area contributed by atoms with Gasteiger partial charge in [0, 0.05) is 17.4 Å². The van der Waals surface area contributed by atoms with Gasteiger partial charge < -0.3 is 11.1 Å². The first-order chi connectivity index (χ1) is 9.06. The van der Waals surface area contributed by atoms with E-state index in [9.17, 15) is 4.79 Å². The number of benzene rings is 1. The molecule has 3 N–H and O–H groups in total. The summed E-state index contributed by atoms with van der Waals surface area (Å²) in [6.07, 6.45) is 1.72. The topological polar surface area (TPSA) is 68.0 Å². The zero-order chi connectivity index (χ0) is 13.8. The average molecular weight is 255 g/mol. The minimum atomic E-state index is -0.138. The van der Waals surface area contributed by atoms with Crippen molar-refractivity contribution >= 4 is 11.6 Å². The Morgan fingerprint density at radius 1 is 1.32 bits per heavy atom. The molecule has 0 saturated heterocycles. The van der Waals surface area contributed by atoms with Gasteiger partial charge in [0.1, 0.15) is 0 Å². The number of nitrogens with zero attached hydrogens (tertiary/aromatic N) is 1. The second kappa shape index (κ2) is 5.52. The van der Waals surface area contributed by atoms with E-state index in [2.05, 4.69) is 10.3 Å². The summed E-state index contributed by atoms with van der Waals surface area (Å²) < 4.78 is 0. The molecular weight excluding hydrogens is 238 g/mol. The maximum absolute atomic E-state index is 12.0. The number of amides is 1. The molecule has 0 spiro atoms. The van der Waals surface area contributed by atoms with Crippen LogP contribution in [0.5, 0.6) is 0 Å². The second-order valence-electron chi connectivity index (χ2n) is 4.58. The number of nitrogen functional groups attached to an aromatic ring is 1. The monoisotopic (exact) mass is 255 g/mol. The Kier molecular flexibility index (Phi) is 3.80. The maximum Gasteiger partial charge on any atom is 0.251 e. The number of hydrogen-bond donors (Lipinski definition) is 2. The van der Waals surface area contributed by atoms with Gasteiger partial charge in [-0.05, 0) is 49.2 Å². The molecule has 4 nitrogen and oxygen atoms in total. The Labute approximate surface area is 112 Å². The normalized spacial score (nSPS) is 10.2. The molecule has 2 aromatic rings. The van der Waals surface area contributed by atoms with Gasteiger partial charge in [0.05, 0.1) is 12.2 Å². The van der Waals surface area contributed by atoms with Crippen LogP contribution in [0.4, 0.5) is 5.69 Å². The zero-order valence-electron chi connectivity index (χ0n) is 11.1. The Balaban J connectivity index is 2.08. The fourth-order valence-corrected chi connectivity index (χ4v) is 1.91. The van der Waals surface area contributed by atoms with Crippen molar-refractivity contribution in [3.63, 3.8) is 0 Å². The van der Waals surface area contributed by atoms with Crippen LogP contribution in [0.25, 0.3) is 0 Å². The van der Waals surface area contributed by atoms with Crippen molar-refractivity contribution in [1.82, 2.24) is 10.3 Å². The van der Waals surface area contributed by atoms with Gasteiger partial charge in [-0.2, -0.15) is 0 Å². The van der Waals surface area contributed by atoms with Crippen LogP contribution >= 0.6 is 0 Å². The van der Waals surface area contributed by atoms with Crippen molar-refractivity contribution in [2.75, 3.05) is 5.73 Å². The van der Waals surface area contributed by atoms with Gasteiger partial charge in [-0.3, -0.25) is 9.78 Å². The molecule has 4 heteroatoms. The Hall–Kier alpha value is -2.36. The molecule has 1 amide bonds. The fourth-order valence-electron chi connectivity index (χ4n) is 1.91. The van der Waals surface area contributed by atoms with Gasteiger partial charge in [-0.1, -0.05) is 6.07 Å². The van der Waals surface area contributed by atoms with Gasteiger partial charge in [0.2, 0.25) is 0 Å². The second-order valence-corrected chi connectivity index (χ2v) is 4.58. The van der Waals surface area contributed by atoms with E-state index in [4.69, 9.17) is 5.73 Å². The highest BCUT2D eigenvalue weighted by Crippen LogP contribution is 2.11. The number of aromatic nitrogens is 1. The standard InChI is InChI=1S/C15H17N3O/c1-10-6-12(8-13(16)7-10)15(19)18-9-14-11(2)4-3-5-17-14/h3-8H,9,16H2,1-2H3,(H,18,19). The molecule has 0 saturated carbocycles. The predicted molar refractivity (Wildman–Crippen MR) is 75.7 cm³/mol. The lowest BCUT2D eigenvalue weighted by Gasteiger charge is -2.08. The number of carbonyl (C=O) groups excluding carboxylic acids is 1. The quantitative estimate of drug-likeness (QED) is 0.826. The Bertz CT molecular complexity index is 588. The van der Waals surface area contributed by atoms with Crippen molar-refractivity contribution in [2.24, 2.45) is 0 Å². The molecule has 19 heavy (non-hydrogen) atoms. The highest BCUT2D eigenvalue weighted by atomic mass is 16.1. The number of pyridine rings is 1. The summed E-state index contributed by atoms with van der Waals surface area (Å²) in [7, 11) is 0. The highest BCUT2D eigenvalue weighted by Gasteiger charge is 2.07.